The highest BCUT2D eigenvalue weighted by Crippen LogP contribution is 2.31. The summed E-state index contributed by atoms with van der Waals surface area (Å²) >= 11 is 12.0. The van der Waals surface area contributed by atoms with Crippen LogP contribution in [0.3, 0.4) is 0 Å². The van der Waals surface area contributed by atoms with Gasteiger partial charge >= 0.3 is 5.97 Å². The molecule has 3 aromatic carbocycles. The third kappa shape index (κ3) is 6.20. The van der Waals surface area contributed by atoms with E-state index in [9.17, 15) is 14.0 Å². The van der Waals surface area contributed by atoms with Crippen molar-refractivity contribution >= 4 is 40.8 Å². The molecule has 0 spiro atoms. The van der Waals surface area contributed by atoms with Gasteiger partial charge in [-0.25, -0.2) is 4.39 Å². The number of rotatable bonds is 7. The molecule has 0 aliphatic heterocycles. The molecular formula is C23H18Cl2FNO4. The predicted octanol–water partition coefficient (Wildman–Crippen LogP) is 6.28. The fourth-order valence-electron chi connectivity index (χ4n) is 2.69. The number of amides is 1. The maximum absolute atomic E-state index is 13.2. The quantitative estimate of drug-likeness (QED) is 0.420. The lowest BCUT2D eigenvalue weighted by Crippen LogP contribution is -2.11. The molecule has 5 nitrogen and oxygen atoms in total. The summed E-state index contributed by atoms with van der Waals surface area (Å²) < 4.78 is 23.9. The van der Waals surface area contributed by atoms with Crippen LogP contribution in [0, 0.1) is 5.82 Å². The van der Waals surface area contributed by atoms with Gasteiger partial charge in [0.2, 0.25) is 0 Å². The highest BCUT2D eigenvalue weighted by molar-refractivity contribution is 6.32. The van der Waals surface area contributed by atoms with E-state index in [1.807, 2.05) is 0 Å². The van der Waals surface area contributed by atoms with E-state index in [0.717, 1.165) is 11.6 Å². The second kappa shape index (κ2) is 10.3. The summed E-state index contributed by atoms with van der Waals surface area (Å²) in [5.41, 5.74) is 1.48. The van der Waals surface area contributed by atoms with Crippen LogP contribution in [0.4, 0.5) is 10.1 Å². The van der Waals surface area contributed by atoms with Gasteiger partial charge < -0.3 is 14.8 Å². The summed E-state index contributed by atoms with van der Waals surface area (Å²) in [6, 6.07) is 15.4. The minimum Gasteiger partial charge on any atom is -0.466 e. The molecule has 0 saturated heterocycles. The molecule has 160 valence electrons. The lowest BCUT2D eigenvalue weighted by atomic mass is 10.1. The molecule has 0 unspecified atom stereocenters. The zero-order valence-corrected chi connectivity index (χ0v) is 18.0. The molecule has 0 aliphatic rings. The number of carbonyl (C=O) groups is 2. The van der Waals surface area contributed by atoms with Crippen LogP contribution in [0.25, 0.3) is 0 Å². The maximum Gasteiger partial charge on any atom is 0.310 e. The molecule has 3 rings (SSSR count). The minimum absolute atomic E-state index is 0.124. The van der Waals surface area contributed by atoms with Crippen LogP contribution in [0.2, 0.25) is 10.0 Å². The predicted molar refractivity (Wildman–Crippen MR) is 118 cm³/mol. The van der Waals surface area contributed by atoms with Crippen molar-refractivity contribution in [1.29, 1.82) is 0 Å². The number of hydrogen-bond donors (Lipinski definition) is 1. The van der Waals surface area contributed by atoms with Gasteiger partial charge in [-0.2, -0.15) is 0 Å². The molecule has 31 heavy (non-hydrogen) atoms. The molecular weight excluding hydrogens is 444 g/mol. The van der Waals surface area contributed by atoms with Gasteiger partial charge in [-0.1, -0.05) is 29.3 Å². The largest absolute Gasteiger partial charge is 0.466 e. The van der Waals surface area contributed by atoms with Crippen molar-refractivity contribution in [3.8, 4) is 11.5 Å². The van der Waals surface area contributed by atoms with Gasteiger partial charge in [-0.15, -0.1) is 0 Å². The Morgan fingerprint density at radius 2 is 1.71 bits per heavy atom. The number of nitrogens with one attached hydrogen (secondary N) is 1. The van der Waals surface area contributed by atoms with Crippen molar-refractivity contribution in [2.45, 2.75) is 13.3 Å². The van der Waals surface area contributed by atoms with Crippen LogP contribution in [0.5, 0.6) is 11.5 Å². The lowest BCUT2D eigenvalue weighted by Gasteiger charge is -2.11. The first-order valence-corrected chi connectivity index (χ1v) is 10.1. The van der Waals surface area contributed by atoms with E-state index in [2.05, 4.69) is 5.32 Å². The number of benzene rings is 3. The molecule has 0 bridgehead atoms. The monoisotopic (exact) mass is 461 g/mol. The van der Waals surface area contributed by atoms with Gasteiger partial charge in [-0.3, -0.25) is 9.59 Å². The van der Waals surface area contributed by atoms with E-state index in [1.165, 1.54) is 12.1 Å². The summed E-state index contributed by atoms with van der Waals surface area (Å²) in [5, 5.41) is 2.93. The van der Waals surface area contributed by atoms with Crippen LogP contribution in [0.15, 0.2) is 60.7 Å². The van der Waals surface area contributed by atoms with Crippen molar-refractivity contribution in [2.75, 3.05) is 11.9 Å². The van der Waals surface area contributed by atoms with Gasteiger partial charge in [0.25, 0.3) is 5.91 Å². The molecule has 8 heteroatoms. The van der Waals surface area contributed by atoms with Gasteiger partial charge in [-0.05, 0) is 67.1 Å². The molecule has 3 aromatic rings. The van der Waals surface area contributed by atoms with E-state index in [1.54, 1.807) is 49.4 Å². The highest BCUT2D eigenvalue weighted by atomic mass is 35.5. The summed E-state index contributed by atoms with van der Waals surface area (Å²) in [6.45, 7) is 2.07. The fourth-order valence-corrected chi connectivity index (χ4v) is 3.11. The van der Waals surface area contributed by atoms with E-state index in [4.69, 9.17) is 32.7 Å². The summed E-state index contributed by atoms with van der Waals surface area (Å²) in [4.78, 5) is 23.9. The Bertz CT molecular complexity index is 1100. The van der Waals surface area contributed by atoms with Crippen LogP contribution in [-0.4, -0.2) is 18.5 Å². The Morgan fingerprint density at radius 1 is 0.968 bits per heavy atom. The second-order valence-corrected chi connectivity index (χ2v) is 7.27. The standard InChI is InChI=1S/C23H18Cl2FNO4/c1-2-30-22(28)12-14-3-10-21(19(25)11-14)31-17-7-5-16(6-8-17)27-23(29)15-4-9-20(26)18(24)13-15/h3-11,13H,2,12H2,1H3,(H,27,29). The van der Waals surface area contributed by atoms with Crippen molar-refractivity contribution < 1.29 is 23.5 Å². The first-order chi connectivity index (χ1) is 14.9. The topological polar surface area (TPSA) is 64.6 Å². The summed E-state index contributed by atoms with van der Waals surface area (Å²) in [6.07, 6.45) is 0.126. The van der Waals surface area contributed by atoms with E-state index < -0.39 is 11.7 Å². The number of carbonyl (C=O) groups excluding carboxylic acids is 2. The lowest BCUT2D eigenvalue weighted by molar-refractivity contribution is -0.142. The molecule has 0 heterocycles. The Labute approximate surface area is 188 Å². The van der Waals surface area contributed by atoms with E-state index >= 15 is 0 Å². The molecule has 0 aromatic heterocycles. The first-order valence-electron chi connectivity index (χ1n) is 9.34. The minimum atomic E-state index is -0.590. The van der Waals surface area contributed by atoms with Crippen LogP contribution < -0.4 is 10.1 Å². The van der Waals surface area contributed by atoms with Gasteiger partial charge in [0, 0.05) is 11.3 Å². The molecule has 0 saturated carbocycles. The van der Waals surface area contributed by atoms with Crippen molar-refractivity contribution in [3.05, 3.63) is 87.7 Å². The highest BCUT2D eigenvalue weighted by Gasteiger charge is 2.11. The normalized spacial score (nSPS) is 10.5. The molecule has 1 N–H and O–H groups in total. The number of halogens is 3. The SMILES string of the molecule is CCOC(=O)Cc1ccc(Oc2ccc(NC(=O)c3ccc(F)c(Cl)c3)cc2)c(Cl)c1. The Hall–Kier alpha value is -3.09. The number of esters is 1. The average Bonchev–Trinajstić information content (AvgIpc) is 2.73. The van der Waals surface area contributed by atoms with Crippen LogP contribution in [0.1, 0.15) is 22.8 Å². The van der Waals surface area contributed by atoms with Crippen LogP contribution in [-0.2, 0) is 16.0 Å². The molecule has 0 fully saturated rings. The maximum atomic E-state index is 13.2. The smallest absolute Gasteiger partial charge is 0.310 e. The zero-order valence-electron chi connectivity index (χ0n) is 16.5. The van der Waals surface area contributed by atoms with E-state index in [0.29, 0.717) is 28.8 Å². The number of ether oxygens (including phenoxy) is 2. The van der Waals surface area contributed by atoms with Crippen molar-refractivity contribution in [2.24, 2.45) is 0 Å². The van der Waals surface area contributed by atoms with Gasteiger partial charge in [0.1, 0.15) is 17.3 Å². The Kier molecular flexibility index (Phi) is 7.50. The summed E-state index contributed by atoms with van der Waals surface area (Å²) in [7, 11) is 0. The second-order valence-electron chi connectivity index (χ2n) is 6.46. The van der Waals surface area contributed by atoms with Crippen LogP contribution >= 0.6 is 23.2 Å². The fraction of sp³-hybridized carbons (Fsp3) is 0.130. The van der Waals surface area contributed by atoms with E-state index in [-0.39, 0.29) is 23.0 Å². The number of hydrogen-bond acceptors (Lipinski definition) is 4. The third-order valence-corrected chi connectivity index (χ3v) is 4.76. The Balaban J connectivity index is 1.63. The zero-order chi connectivity index (χ0) is 22.4. The van der Waals surface area contributed by atoms with Gasteiger partial charge in [0.05, 0.1) is 23.1 Å². The molecule has 0 aliphatic carbocycles. The van der Waals surface area contributed by atoms with Crippen molar-refractivity contribution in [1.82, 2.24) is 0 Å². The average molecular weight is 462 g/mol. The Morgan fingerprint density at radius 3 is 2.35 bits per heavy atom. The van der Waals surface area contributed by atoms with Crippen molar-refractivity contribution in [3.63, 3.8) is 0 Å². The molecule has 0 atom stereocenters. The molecule has 0 radical (unpaired) electrons. The van der Waals surface area contributed by atoms with Gasteiger partial charge in [0.15, 0.2) is 0 Å². The third-order valence-electron chi connectivity index (χ3n) is 4.17. The molecule has 1 amide bonds. The number of anilines is 1. The first kappa shape index (κ1) is 22.6. The summed E-state index contributed by atoms with van der Waals surface area (Å²) in [5.74, 6) is -0.411.